The van der Waals surface area contributed by atoms with E-state index in [9.17, 15) is 0 Å². The molecule has 20 heavy (non-hydrogen) atoms. The van der Waals surface area contributed by atoms with Crippen molar-refractivity contribution in [3.63, 3.8) is 0 Å². The first-order valence-electron chi connectivity index (χ1n) is 6.56. The van der Waals surface area contributed by atoms with Gasteiger partial charge in [0.25, 0.3) is 0 Å². The van der Waals surface area contributed by atoms with Crippen LogP contribution in [0.15, 0.2) is 30.5 Å². The van der Waals surface area contributed by atoms with Crippen molar-refractivity contribution >= 4 is 27.6 Å². The van der Waals surface area contributed by atoms with Crippen LogP contribution in [0.1, 0.15) is 11.1 Å². The van der Waals surface area contributed by atoms with Crippen LogP contribution in [0.4, 0.5) is 5.00 Å². The van der Waals surface area contributed by atoms with Crippen LogP contribution < -0.4 is 4.90 Å². The molecule has 0 fully saturated rings. The van der Waals surface area contributed by atoms with Gasteiger partial charge >= 0.3 is 0 Å². The van der Waals surface area contributed by atoms with Crippen molar-refractivity contribution in [2.45, 2.75) is 13.8 Å². The van der Waals surface area contributed by atoms with E-state index in [0.29, 0.717) is 0 Å². The predicted octanol–water partition coefficient (Wildman–Crippen LogP) is 4.04. The van der Waals surface area contributed by atoms with E-state index in [2.05, 4.69) is 52.4 Å². The predicted molar refractivity (Wildman–Crippen MR) is 86.7 cm³/mol. The summed E-state index contributed by atoms with van der Waals surface area (Å²) < 4.78 is 4.50. The van der Waals surface area contributed by atoms with Gasteiger partial charge in [0.15, 0.2) is 0 Å². The first kappa shape index (κ1) is 13.1. The van der Waals surface area contributed by atoms with Crippen LogP contribution in [-0.4, -0.2) is 23.5 Å². The number of pyridine rings is 1. The summed E-state index contributed by atoms with van der Waals surface area (Å²) in [6.45, 7) is 4.27. The molecule has 0 aliphatic rings. The van der Waals surface area contributed by atoms with Crippen LogP contribution in [-0.2, 0) is 0 Å². The Labute approximate surface area is 123 Å². The fraction of sp³-hybridized carbons (Fsp3) is 0.250. The number of aryl methyl sites for hydroxylation is 2. The van der Waals surface area contributed by atoms with Crippen molar-refractivity contribution in [1.29, 1.82) is 0 Å². The number of anilines is 1. The number of nitrogens with zero attached hydrogens (tertiary/aromatic N) is 3. The van der Waals surface area contributed by atoms with Crippen LogP contribution in [0.5, 0.6) is 0 Å². The Bertz CT molecular complexity index is 774. The zero-order valence-corrected chi connectivity index (χ0v) is 13.0. The van der Waals surface area contributed by atoms with Gasteiger partial charge in [0.2, 0.25) is 0 Å². The molecule has 3 nitrogen and oxygen atoms in total. The van der Waals surface area contributed by atoms with Crippen LogP contribution in [0.25, 0.3) is 22.2 Å². The molecule has 0 unspecified atom stereocenters. The van der Waals surface area contributed by atoms with Gasteiger partial charge in [0, 0.05) is 25.9 Å². The Morgan fingerprint density at radius 1 is 1.00 bits per heavy atom. The summed E-state index contributed by atoms with van der Waals surface area (Å²) in [5.41, 5.74) is 6.88. The SMILES string of the molecule is Cc1ccc(-c2cnc3c(N(C)C)snc3c2)cc1C. The first-order valence-corrected chi connectivity index (χ1v) is 7.34. The Morgan fingerprint density at radius 2 is 1.80 bits per heavy atom. The average molecular weight is 283 g/mol. The smallest absolute Gasteiger partial charge is 0.138 e. The highest BCUT2D eigenvalue weighted by Gasteiger charge is 2.10. The summed E-state index contributed by atoms with van der Waals surface area (Å²) in [7, 11) is 4.04. The number of hydrogen-bond acceptors (Lipinski definition) is 4. The molecule has 0 N–H and O–H groups in total. The van der Waals surface area contributed by atoms with Crippen molar-refractivity contribution in [1.82, 2.24) is 9.36 Å². The van der Waals surface area contributed by atoms with Crippen molar-refractivity contribution in [2.24, 2.45) is 0 Å². The van der Waals surface area contributed by atoms with Gasteiger partial charge in [-0.1, -0.05) is 18.2 Å². The van der Waals surface area contributed by atoms with E-state index in [1.54, 1.807) is 0 Å². The zero-order chi connectivity index (χ0) is 14.3. The van der Waals surface area contributed by atoms with Crippen LogP contribution >= 0.6 is 11.5 Å². The number of aromatic nitrogens is 2. The molecule has 1 aromatic carbocycles. The second kappa shape index (κ2) is 4.87. The normalized spacial score (nSPS) is 11.0. The Hall–Kier alpha value is -1.94. The van der Waals surface area contributed by atoms with Gasteiger partial charge in [-0.25, -0.2) is 0 Å². The summed E-state index contributed by atoms with van der Waals surface area (Å²) in [4.78, 5) is 6.66. The van der Waals surface area contributed by atoms with Gasteiger partial charge < -0.3 is 4.90 Å². The molecule has 4 heteroatoms. The lowest BCUT2D eigenvalue weighted by Crippen LogP contribution is -2.06. The van der Waals surface area contributed by atoms with E-state index < -0.39 is 0 Å². The summed E-state index contributed by atoms with van der Waals surface area (Å²) in [5, 5.41) is 1.10. The summed E-state index contributed by atoms with van der Waals surface area (Å²) in [5.74, 6) is 0. The van der Waals surface area contributed by atoms with E-state index in [1.165, 1.54) is 28.2 Å². The van der Waals surface area contributed by atoms with E-state index in [-0.39, 0.29) is 0 Å². The van der Waals surface area contributed by atoms with Crippen LogP contribution in [0, 0.1) is 13.8 Å². The lowest BCUT2D eigenvalue weighted by atomic mass is 10.0. The Morgan fingerprint density at radius 3 is 2.50 bits per heavy atom. The highest BCUT2D eigenvalue weighted by atomic mass is 32.1. The highest BCUT2D eigenvalue weighted by molar-refractivity contribution is 7.11. The molecule has 0 spiro atoms. The van der Waals surface area contributed by atoms with Gasteiger partial charge in [-0.15, -0.1) is 0 Å². The van der Waals surface area contributed by atoms with Crippen molar-refractivity contribution in [2.75, 3.05) is 19.0 Å². The minimum Gasteiger partial charge on any atom is -0.367 e. The molecular formula is C16H17N3S. The number of benzene rings is 1. The third-order valence-electron chi connectivity index (χ3n) is 3.55. The third kappa shape index (κ3) is 2.16. The molecule has 2 aromatic heterocycles. The molecular weight excluding hydrogens is 266 g/mol. The molecule has 3 aromatic rings. The molecule has 0 saturated carbocycles. The minimum atomic E-state index is 0.967. The molecule has 3 rings (SSSR count). The molecule has 0 bridgehead atoms. The monoisotopic (exact) mass is 283 g/mol. The van der Waals surface area contributed by atoms with Gasteiger partial charge in [0.05, 0.1) is 0 Å². The van der Waals surface area contributed by atoms with Crippen molar-refractivity contribution in [3.05, 3.63) is 41.6 Å². The van der Waals surface area contributed by atoms with E-state index in [1.807, 2.05) is 20.3 Å². The average Bonchev–Trinajstić information content (AvgIpc) is 2.85. The Balaban J connectivity index is 2.11. The summed E-state index contributed by atoms with van der Waals surface area (Å²) in [6.07, 6.45) is 1.94. The lowest BCUT2D eigenvalue weighted by molar-refractivity contribution is 1.16. The maximum atomic E-state index is 4.60. The number of rotatable bonds is 2. The number of hydrogen-bond donors (Lipinski definition) is 0. The molecule has 2 heterocycles. The van der Waals surface area contributed by atoms with Crippen molar-refractivity contribution < 1.29 is 0 Å². The molecule has 0 radical (unpaired) electrons. The van der Waals surface area contributed by atoms with Gasteiger partial charge in [-0.3, -0.25) is 4.98 Å². The summed E-state index contributed by atoms with van der Waals surface area (Å²) in [6, 6.07) is 8.62. The Kier molecular flexibility index (Phi) is 3.18. The quantitative estimate of drug-likeness (QED) is 0.710. The maximum Gasteiger partial charge on any atom is 0.138 e. The zero-order valence-electron chi connectivity index (χ0n) is 12.1. The largest absolute Gasteiger partial charge is 0.367 e. The maximum absolute atomic E-state index is 4.60. The van der Waals surface area contributed by atoms with E-state index >= 15 is 0 Å². The van der Waals surface area contributed by atoms with Gasteiger partial charge in [0.1, 0.15) is 16.0 Å². The molecule has 102 valence electrons. The van der Waals surface area contributed by atoms with Crippen LogP contribution in [0.3, 0.4) is 0 Å². The van der Waals surface area contributed by atoms with Crippen molar-refractivity contribution in [3.8, 4) is 11.1 Å². The van der Waals surface area contributed by atoms with Gasteiger partial charge in [-0.05, 0) is 48.1 Å². The van der Waals surface area contributed by atoms with E-state index in [4.69, 9.17) is 0 Å². The lowest BCUT2D eigenvalue weighted by Gasteiger charge is -2.08. The summed E-state index contributed by atoms with van der Waals surface area (Å²) >= 11 is 1.49. The topological polar surface area (TPSA) is 29.0 Å². The second-order valence-corrected chi connectivity index (χ2v) is 6.02. The van der Waals surface area contributed by atoms with Crippen LogP contribution in [0.2, 0.25) is 0 Å². The molecule has 0 saturated heterocycles. The fourth-order valence-corrected chi connectivity index (χ4v) is 2.93. The molecule has 0 aliphatic heterocycles. The fourth-order valence-electron chi connectivity index (χ4n) is 2.20. The first-order chi connectivity index (χ1) is 9.56. The van der Waals surface area contributed by atoms with Gasteiger partial charge in [-0.2, -0.15) is 4.37 Å². The molecule has 0 atom stereocenters. The third-order valence-corrected chi connectivity index (χ3v) is 4.57. The standard InChI is InChI=1S/C16H17N3S/c1-10-5-6-12(7-11(10)2)13-8-14-15(17-9-13)16(19(3)4)20-18-14/h5-9H,1-4H3. The second-order valence-electron chi connectivity index (χ2n) is 5.27. The minimum absolute atomic E-state index is 0.967. The molecule has 0 amide bonds. The molecule has 0 aliphatic carbocycles. The highest BCUT2D eigenvalue weighted by Crippen LogP contribution is 2.31. The number of fused-ring (bicyclic) bond motifs is 1. The van der Waals surface area contributed by atoms with E-state index in [0.717, 1.165) is 21.6 Å².